The van der Waals surface area contributed by atoms with Gasteiger partial charge in [0.1, 0.15) is 29.8 Å². The van der Waals surface area contributed by atoms with Crippen molar-refractivity contribution in [2.24, 2.45) is 16.8 Å². The zero-order valence-corrected chi connectivity index (χ0v) is 14.3. The number of aromatic amines is 1. The van der Waals surface area contributed by atoms with E-state index in [9.17, 15) is 0 Å². The molecule has 0 bridgehead atoms. The van der Waals surface area contributed by atoms with Crippen molar-refractivity contribution in [3.63, 3.8) is 0 Å². The molecule has 0 spiro atoms. The number of hydrazine groups is 1. The van der Waals surface area contributed by atoms with Crippen LogP contribution in [0.4, 0.5) is 0 Å². The number of ether oxygens (including phenoxy) is 2. The summed E-state index contributed by atoms with van der Waals surface area (Å²) in [4.78, 5) is 7.72. The fraction of sp³-hybridized carbons (Fsp3) is 0.222. The molecule has 2 aromatic carbocycles. The largest absolute Gasteiger partial charge is 0.494 e. The van der Waals surface area contributed by atoms with Crippen LogP contribution in [0.5, 0.6) is 11.5 Å². The molecule has 0 saturated heterocycles. The number of benzene rings is 2. The van der Waals surface area contributed by atoms with E-state index in [2.05, 4.69) is 20.5 Å². The molecule has 8 nitrogen and oxygen atoms in total. The normalized spacial score (nSPS) is 11.5. The highest BCUT2D eigenvalue weighted by Crippen LogP contribution is 2.19. The maximum absolute atomic E-state index is 5.76. The lowest BCUT2D eigenvalue weighted by molar-refractivity contribution is 0.294. The highest BCUT2D eigenvalue weighted by Gasteiger charge is 2.03. The molecule has 0 aliphatic rings. The molecule has 1 heterocycles. The topological polar surface area (TPSA) is 124 Å². The van der Waals surface area contributed by atoms with Gasteiger partial charge in [-0.25, -0.2) is 10.8 Å². The number of hydrazone groups is 1. The molecule has 0 amide bonds. The molecule has 136 valence electrons. The van der Waals surface area contributed by atoms with E-state index >= 15 is 0 Å². The number of imidazole rings is 1. The number of rotatable bonds is 8. The summed E-state index contributed by atoms with van der Waals surface area (Å²) in [6.07, 6.45) is 1.39. The van der Waals surface area contributed by atoms with Crippen LogP contribution in [-0.4, -0.2) is 22.4 Å². The highest BCUT2D eigenvalue weighted by atomic mass is 16.5. The van der Waals surface area contributed by atoms with Crippen molar-refractivity contribution in [2.45, 2.75) is 19.4 Å². The molecule has 0 aliphatic carbocycles. The Morgan fingerprint density at radius 2 is 1.81 bits per heavy atom. The van der Waals surface area contributed by atoms with E-state index in [0.29, 0.717) is 25.5 Å². The fourth-order valence-electron chi connectivity index (χ4n) is 2.46. The summed E-state index contributed by atoms with van der Waals surface area (Å²) < 4.78 is 11.4. The van der Waals surface area contributed by atoms with Crippen LogP contribution < -0.4 is 26.6 Å². The van der Waals surface area contributed by atoms with Crippen molar-refractivity contribution in [1.29, 1.82) is 0 Å². The van der Waals surface area contributed by atoms with Crippen molar-refractivity contribution >= 4 is 16.9 Å². The Hall–Kier alpha value is -3.26. The Morgan fingerprint density at radius 1 is 1.08 bits per heavy atom. The quantitative estimate of drug-likeness (QED) is 0.161. The number of para-hydroxylation sites is 2. The molecule has 3 aromatic rings. The zero-order chi connectivity index (χ0) is 18.2. The predicted octanol–water partition coefficient (Wildman–Crippen LogP) is 2.04. The third kappa shape index (κ3) is 4.64. The standard InChI is InChI=1S/C18H22N6O2/c19-23-17(24-20)6-3-11-25-13-7-9-14(10-8-13)26-12-18-21-15-4-1-2-5-16(15)22-18/h1-2,4-5,7-10H,3,6,11-12,19-20H2,(H,21,22)(H,23,24). The van der Waals surface area contributed by atoms with Crippen LogP contribution in [0.25, 0.3) is 11.0 Å². The Bertz CT molecular complexity index is 827. The number of hydrogen-bond acceptors (Lipinski definition) is 6. The second-order valence-electron chi connectivity index (χ2n) is 5.63. The van der Waals surface area contributed by atoms with Crippen LogP contribution in [0.1, 0.15) is 18.7 Å². The first kappa shape index (κ1) is 17.6. The lowest BCUT2D eigenvalue weighted by Gasteiger charge is -2.08. The van der Waals surface area contributed by atoms with Gasteiger partial charge in [0.15, 0.2) is 0 Å². The molecule has 0 fully saturated rings. The lowest BCUT2D eigenvalue weighted by Crippen LogP contribution is -2.31. The summed E-state index contributed by atoms with van der Waals surface area (Å²) in [7, 11) is 0. The van der Waals surface area contributed by atoms with Gasteiger partial charge in [0.25, 0.3) is 0 Å². The molecule has 1 aromatic heterocycles. The molecular weight excluding hydrogens is 332 g/mol. The lowest BCUT2D eigenvalue weighted by atomic mass is 10.3. The van der Waals surface area contributed by atoms with Gasteiger partial charge in [-0.15, -0.1) is 0 Å². The Kier molecular flexibility index (Phi) is 5.89. The number of amidine groups is 1. The van der Waals surface area contributed by atoms with Gasteiger partial charge in [-0.1, -0.05) is 12.1 Å². The Balaban J connectivity index is 1.45. The van der Waals surface area contributed by atoms with Gasteiger partial charge in [0, 0.05) is 6.42 Å². The van der Waals surface area contributed by atoms with Crippen LogP contribution in [-0.2, 0) is 6.61 Å². The molecule has 0 saturated carbocycles. The van der Waals surface area contributed by atoms with Gasteiger partial charge in [0.05, 0.1) is 17.6 Å². The van der Waals surface area contributed by atoms with Crippen molar-refractivity contribution in [3.8, 4) is 11.5 Å². The molecular formula is C18H22N6O2. The summed E-state index contributed by atoms with van der Waals surface area (Å²) >= 11 is 0. The average Bonchev–Trinajstić information content (AvgIpc) is 3.10. The van der Waals surface area contributed by atoms with Crippen molar-refractivity contribution in [2.75, 3.05) is 6.61 Å². The van der Waals surface area contributed by atoms with Gasteiger partial charge in [-0.2, -0.15) is 5.10 Å². The number of nitrogens with one attached hydrogen (secondary N) is 2. The van der Waals surface area contributed by atoms with Crippen LogP contribution in [0, 0.1) is 0 Å². The van der Waals surface area contributed by atoms with Crippen LogP contribution >= 0.6 is 0 Å². The minimum Gasteiger partial charge on any atom is -0.494 e. The smallest absolute Gasteiger partial charge is 0.146 e. The predicted molar refractivity (Wildman–Crippen MR) is 101 cm³/mol. The maximum Gasteiger partial charge on any atom is 0.146 e. The van der Waals surface area contributed by atoms with Crippen molar-refractivity contribution < 1.29 is 9.47 Å². The van der Waals surface area contributed by atoms with Crippen LogP contribution in [0.2, 0.25) is 0 Å². The van der Waals surface area contributed by atoms with Crippen LogP contribution in [0.3, 0.4) is 0 Å². The molecule has 0 radical (unpaired) electrons. The Morgan fingerprint density at radius 3 is 2.50 bits per heavy atom. The van der Waals surface area contributed by atoms with Crippen molar-refractivity contribution in [1.82, 2.24) is 15.4 Å². The minimum absolute atomic E-state index is 0.377. The number of H-pyrrole nitrogens is 1. The molecule has 8 heteroatoms. The van der Waals surface area contributed by atoms with Crippen molar-refractivity contribution in [3.05, 3.63) is 54.4 Å². The Labute approximate surface area is 151 Å². The summed E-state index contributed by atoms with van der Waals surface area (Å²) in [5.41, 5.74) is 4.37. The first-order valence-corrected chi connectivity index (χ1v) is 8.31. The maximum atomic E-state index is 5.76. The van der Waals surface area contributed by atoms with E-state index < -0.39 is 0 Å². The number of nitrogens with two attached hydrogens (primary N) is 2. The van der Waals surface area contributed by atoms with E-state index in [0.717, 1.165) is 34.8 Å². The number of nitrogens with zero attached hydrogens (tertiary/aromatic N) is 2. The van der Waals surface area contributed by atoms with Gasteiger partial charge >= 0.3 is 0 Å². The number of hydrogen-bond donors (Lipinski definition) is 4. The summed E-state index contributed by atoms with van der Waals surface area (Å²) in [5, 5.41) is 3.52. The first-order chi connectivity index (χ1) is 12.8. The average molecular weight is 354 g/mol. The first-order valence-electron chi connectivity index (χ1n) is 8.31. The zero-order valence-electron chi connectivity index (χ0n) is 14.3. The van der Waals surface area contributed by atoms with Gasteiger partial charge in [0.2, 0.25) is 0 Å². The number of fused-ring (bicyclic) bond motifs is 1. The van der Waals surface area contributed by atoms with Gasteiger partial charge in [-0.05, 0) is 42.8 Å². The van der Waals surface area contributed by atoms with E-state index in [1.807, 2.05) is 48.5 Å². The van der Waals surface area contributed by atoms with Crippen LogP contribution in [0.15, 0.2) is 53.6 Å². The highest BCUT2D eigenvalue weighted by molar-refractivity contribution is 5.81. The molecule has 0 aliphatic heterocycles. The van der Waals surface area contributed by atoms with Gasteiger partial charge < -0.3 is 25.7 Å². The summed E-state index contributed by atoms with van der Waals surface area (Å²) in [5.74, 6) is 13.3. The number of aromatic nitrogens is 2. The molecule has 3 rings (SSSR count). The molecule has 0 atom stereocenters. The monoisotopic (exact) mass is 354 g/mol. The second-order valence-corrected chi connectivity index (χ2v) is 5.63. The fourth-order valence-corrected chi connectivity index (χ4v) is 2.46. The summed E-state index contributed by atoms with van der Waals surface area (Å²) in [6, 6.07) is 15.4. The van der Waals surface area contributed by atoms with E-state index in [4.69, 9.17) is 21.2 Å². The van der Waals surface area contributed by atoms with Gasteiger partial charge in [-0.3, -0.25) is 0 Å². The molecule has 26 heavy (non-hydrogen) atoms. The SMILES string of the molecule is N/N=C(/CCCOc1ccc(OCc2nc3ccccc3[nH]2)cc1)NN. The third-order valence-electron chi connectivity index (χ3n) is 3.79. The van der Waals surface area contributed by atoms with E-state index in [1.54, 1.807) is 0 Å². The van der Waals surface area contributed by atoms with E-state index in [-0.39, 0.29) is 0 Å². The second kappa shape index (κ2) is 8.72. The summed E-state index contributed by atoms with van der Waals surface area (Å²) in [6.45, 7) is 0.919. The minimum atomic E-state index is 0.377. The molecule has 6 N–H and O–H groups in total. The third-order valence-corrected chi connectivity index (χ3v) is 3.79. The van der Waals surface area contributed by atoms with E-state index in [1.165, 1.54) is 0 Å². The molecule has 0 unspecified atom stereocenters.